The van der Waals surface area contributed by atoms with Gasteiger partial charge in [0.2, 0.25) is 0 Å². The molecule has 3 N–H and O–H groups in total. The molecule has 0 aliphatic carbocycles. The fraction of sp³-hybridized carbons (Fsp3) is 0.462. The molecule has 2 aromatic heterocycles. The van der Waals surface area contributed by atoms with Crippen LogP contribution in [-0.4, -0.2) is 58.7 Å². The largest absolute Gasteiger partial charge is 0.497 e. The number of carboxylic acids is 1. The van der Waals surface area contributed by atoms with Gasteiger partial charge in [0.25, 0.3) is 0 Å². The highest BCUT2D eigenvalue weighted by Gasteiger charge is 2.31. The number of hydrogen-bond donors (Lipinski definition) is 3. The van der Waals surface area contributed by atoms with E-state index in [4.69, 9.17) is 4.74 Å². The fourth-order valence-corrected chi connectivity index (χ4v) is 6.93. The van der Waals surface area contributed by atoms with Gasteiger partial charge in [-0.15, -0.1) is 23.1 Å². The van der Waals surface area contributed by atoms with Crippen molar-refractivity contribution in [2.75, 3.05) is 32.5 Å². The van der Waals surface area contributed by atoms with E-state index in [9.17, 15) is 15.1 Å². The van der Waals surface area contributed by atoms with Crippen molar-refractivity contribution < 1.29 is 19.8 Å². The second kappa shape index (κ2) is 12.7. The summed E-state index contributed by atoms with van der Waals surface area (Å²) in [6, 6.07) is 11.6. The molecule has 0 saturated carbocycles. The molecule has 3 aromatic rings. The Morgan fingerprint density at radius 1 is 1.34 bits per heavy atom. The first-order valence-corrected chi connectivity index (χ1v) is 13.9. The second-order valence-corrected chi connectivity index (χ2v) is 11.4. The number of piperidine rings is 1. The van der Waals surface area contributed by atoms with Crippen LogP contribution in [0, 0.1) is 11.8 Å². The van der Waals surface area contributed by atoms with Crippen molar-refractivity contribution in [3.63, 3.8) is 0 Å². The molecule has 9 heteroatoms. The number of aliphatic carboxylic acids is 1. The molecule has 7 nitrogen and oxygen atoms in total. The second-order valence-electron chi connectivity index (χ2n) is 9.03. The van der Waals surface area contributed by atoms with Gasteiger partial charge in [-0.1, -0.05) is 6.07 Å². The van der Waals surface area contributed by atoms with Crippen molar-refractivity contribution in [2.24, 2.45) is 11.8 Å². The number of nitrogens with one attached hydrogen (secondary N) is 1. The summed E-state index contributed by atoms with van der Waals surface area (Å²) in [4.78, 5) is 18.5. The topological polar surface area (TPSA) is 94.9 Å². The van der Waals surface area contributed by atoms with Gasteiger partial charge in [0.1, 0.15) is 5.75 Å². The van der Waals surface area contributed by atoms with Crippen LogP contribution in [-0.2, 0) is 4.79 Å². The van der Waals surface area contributed by atoms with Crippen molar-refractivity contribution >= 4 is 40.0 Å². The van der Waals surface area contributed by atoms with E-state index >= 15 is 0 Å². The van der Waals surface area contributed by atoms with Gasteiger partial charge < -0.3 is 20.0 Å². The minimum absolute atomic E-state index is 0.113. The SMILES string of the molecule is COc1ccc2nccc([C@@H](CC[C@@H]3CCN(CCSc4cccs4)C[C@@H]3CC(=O)O)NO)c2c1. The van der Waals surface area contributed by atoms with Crippen molar-refractivity contribution in [1.29, 1.82) is 0 Å². The zero-order valence-electron chi connectivity index (χ0n) is 19.9. The monoisotopic (exact) mass is 515 g/mol. The summed E-state index contributed by atoms with van der Waals surface area (Å²) in [6.45, 7) is 2.77. The zero-order valence-corrected chi connectivity index (χ0v) is 21.6. The Bertz CT molecular complexity index is 1100. The third-order valence-corrected chi connectivity index (χ3v) is 9.01. The maximum atomic E-state index is 11.6. The molecule has 3 atom stereocenters. The highest BCUT2D eigenvalue weighted by atomic mass is 32.2. The van der Waals surface area contributed by atoms with E-state index in [-0.39, 0.29) is 18.4 Å². The van der Waals surface area contributed by atoms with Gasteiger partial charge in [-0.3, -0.25) is 9.78 Å². The number of nitrogens with zero attached hydrogens (tertiary/aromatic N) is 2. The quantitative estimate of drug-likeness (QED) is 0.221. The molecule has 4 rings (SSSR count). The van der Waals surface area contributed by atoms with Gasteiger partial charge in [0, 0.05) is 36.8 Å². The molecule has 0 unspecified atom stereocenters. The standard InChI is InChI=1S/C26H33N3O4S2/c1-33-20-5-7-23-22(16-20)21(8-10-27-23)24(28-32)6-4-18-9-11-29(17-19(18)15-25(30)31)12-14-35-26-3-2-13-34-26/h2-3,5,7-8,10,13,16,18-19,24,28,32H,4,6,9,11-12,14-15,17H2,1H3,(H,30,31)/t18-,19+,24-/m1/s1. The predicted octanol–water partition coefficient (Wildman–Crippen LogP) is 5.31. The number of rotatable bonds is 12. The minimum atomic E-state index is -0.737. The molecule has 0 amide bonds. The van der Waals surface area contributed by atoms with E-state index in [0.717, 1.165) is 60.4 Å². The van der Waals surface area contributed by atoms with Crippen molar-refractivity contribution in [2.45, 2.75) is 35.9 Å². The number of likely N-dealkylation sites (tertiary alicyclic amines) is 1. The van der Waals surface area contributed by atoms with E-state index in [2.05, 4.69) is 32.9 Å². The molecule has 0 radical (unpaired) electrons. The van der Waals surface area contributed by atoms with Gasteiger partial charge in [0.15, 0.2) is 0 Å². The van der Waals surface area contributed by atoms with Crippen LogP contribution in [0.15, 0.2) is 52.2 Å². The normalized spacial score (nSPS) is 19.6. The summed E-state index contributed by atoms with van der Waals surface area (Å²) in [7, 11) is 1.63. The van der Waals surface area contributed by atoms with Crippen LogP contribution >= 0.6 is 23.1 Å². The Kier molecular flexibility index (Phi) is 9.39. The lowest BCUT2D eigenvalue weighted by atomic mass is 9.79. The number of pyridine rings is 1. The minimum Gasteiger partial charge on any atom is -0.497 e. The third kappa shape index (κ3) is 6.95. The molecule has 3 heterocycles. The van der Waals surface area contributed by atoms with Gasteiger partial charge >= 0.3 is 5.97 Å². The number of aromatic nitrogens is 1. The Labute approximate surface area is 214 Å². The Hall–Kier alpha value is -2.17. The predicted molar refractivity (Wildman–Crippen MR) is 141 cm³/mol. The number of benzene rings is 1. The fourth-order valence-electron chi connectivity index (χ4n) is 5.06. The highest BCUT2D eigenvalue weighted by Crippen LogP contribution is 2.35. The summed E-state index contributed by atoms with van der Waals surface area (Å²) in [5.41, 5.74) is 4.31. The van der Waals surface area contributed by atoms with Crippen LogP contribution in [0.3, 0.4) is 0 Å². The van der Waals surface area contributed by atoms with Crippen LogP contribution in [0.2, 0.25) is 0 Å². The van der Waals surface area contributed by atoms with E-state index in [1.165, 1.54) is 4.21 Å². The molecule has 1 saturated heterocycles. The van der Waals surface area contributed by atoms with E-state index in [1.54, 1.807) is 24.6 Å². The van der Waals surface area contributed by atoms with Crippen LogP contribution < -0.4 is 10.2 Å². The molecule has 1 fully saturated rings. The van der Waals surface area contributed by atoms with Gasteiger partial charge in [-0.05, 0) is 78.9 Å². The number of carbonyl (C=O) groups is 1. The maximum absolute atomic E-state index is 11.6. The molecular formula is C26H33N3O4S2. The molecule has 1 aliphatic rings. The first kappa shape index (κ1) is 25.9. The average molecular weight is 516 g/mol. The smallest absolute Gasteiger partial charge is 0.303 e. The van der Waals surface area contributed by atoms with Gasteiger partial charge in [-0.25, -0.2) is 0 Å². The number of methoxy groups -OCH3 is 1. The van der Waals surface area contributed by atoms with Crippen LogP contribution in [0.4, 0.5) is 0 Å². The van der Waals surface area contributed by atoms with Crippen LogP contribution in [0.1, 0.15) is 37.3 Å². The number of thiophene rings is 1. The number of carboxylic acid groups (broad SMARTS) is 1. The van der Waals surface area contributed by atoms with Gasteiger partial charge in [0.05, 0.1) is 22.9 Å². The van der Waals surface area contributed by atoms with E-state index in [1.807, 2.05) is 36.0 Å². The van der Waals surface area contributed by atoms with Gasteiger partial charge in [-0.2, -0.15) is 5.48 Å². The lowest BCUT2D eigenvalue weighted by molar-refractivity contribution is -0.139. The summed E-state index contributed by atoms with van der Waals surface area (Å²) < 4.78 is 6.71. The summed E-state index contributed by atoms with van der Waals surface area (Å²) in [5, 5.41) is 22.6. The molecule has 35 heavy (non-hydrogen) atoms. The summed E-state index contributed by atoms with van der Waals surface area (Å²) in [5.74, 6) is 1.45. The van der Waals surface area contributed by atoms with Crippen molar-refractivity contribution in [3.8, 4) is 5.75 Å². The number of thioether (sulfide) groups is 1. The van der Waals surface area contributed by atoms with E-state index < -0.39 is 5.97 Å². The maximum Gasteiger partial charge on any atom is 0.303 e. The number of hydroxylamine groups is 1. The summed E-state index contributed by atoms with van der Waals surface area (Å²) >= 11 is 3.63. The van der Waals surface area contributed by atoms with Crippen LogP contribution in [0.5, 0.6) is 5.75 Å². The van der Waals surface area contributed by atoms with Crippen LogP contribution in [0.25, 0.3) is 10.9 Å². The number of fused-ring (bicyclic) bond motifs is 1. The van der Waals surface area contributed by atoms with Crippen molar-refractivity contribution in [3.05, 3.63) is 53.5 Å². The van der Waals surface area contributed by atoms with E-state index in [0.29, 0.717) is 12.3 Å². The average Bonchev–Trinajstić information content (AvgIpc) is 3.38. The molecule has 1 aromatic carbocycles. The number of hydrogen-bond acceptors (Lipinski definition) is 8. The highest BCUT2D eigenvalue weighted by molar-refractivity contribution is 8.01. The number of ether oxygens (including phenoxy) is 1. The molecule has 0 spiro atoms. The third-order valence-electron chi connectivity index (χ3n) is 6.90. The molecular weight excluding hydrogens is 482 g/mol. The lowest BCUT2D eigenvalue weighted by Gasteiger charge is -2.38. The Balaban J connectivity index is 1.39. The first-order valence-electron chi connectivity index (χ1n) is 12.0. The Morgan fingerprint density at radius 3 is 2.97 bits per heavy atom. The Morgan fingerprint density at radius 2 is 2.23 bits per heavy atom. The molecule has 1 aliphatic heterocycles. The lowest BCUT2D eigenvalue weighted by Crippen LogP contribution is -2.42. The molecule has 0 bridgehead atoms. The first-order chi connectivity index (χ1) is 17.1. The molecule has 188 valence electrons. The van der Waals surface area contributed by atoms with Crippen molar-refractivity contribution in [1.82, 2.24) is 15.4 Å². The summed E-state index contributed by atoms with van der Waals surface area (Å²) in [6.07, 6.45) is 4.48. The zero-order chi connectivity index (χ0) is 24.6.